The second-order valence-corrected chi connectivity index (χ2v) is 8.99. The predicted octanol–water partition coefficient (Wildman–Crippen LogP) is 4.11. The summed E-state index contributed by atoms with van der Waals surface area (Å²) in [6, 6.07) is 13.8. The number of benzene rings is 2. The van der Waals surface area contributed by atoms with E-state index in [-0.39, 0.29) is 12.5 Å². The van der Waals surface area contributed by atoms with E-state index in [0.29, 0.717) is 29.1 Å². The van der Waals surface area contributed by atoms with Crippen molar-refractivity contribution in [2.45, 2.75) is 6.92 Å². The monoisotopic (exact) mass is 493 g/mol. The molecule has 182 valence electrons. The number of ether oxygens (including phenoxy) is 1. The second-order valence-electron chi connectivity index (χ2n) is 8.59. The van der Waals surface area contributed by atoms with Gasteiger partial charge in [-0.3, -0.25) is 4.79 Å². The highest BCUT2D eigenvalue weighted by atomic mass is 35.5. The molecule has 5 rings (SSSR count). The summed E-state index contributed by atoms with van der Waals surface area (Å²) >= 11 is 6.38. The molecule has 35 heavy (non-hydrogen) atoms. The molecule has 0 saturated carbocycles. The van der Waals surface area contributed by atoms with Gasteiger partial charge in [0.05, 0.1) is 11.9 Å². The van der Waals surface area contributed by atoms with Crippen LogP contribution in [0.5, 0.6) is 5.75 Å². The molecule has 0 aliphatic carbocycles. The quantitative estimate of drug-likeness (QED) is 0.530. The van der Waals surface area contributed by atoms with Crippen LogP contribution in [0.2, 0.25) is 5.02 Å². The number of nitrogens with one attached hydrogen (secondary N) is 2. The summed E-state index contributed by atoms with van der Waals surface area (Å²) < 4.78 is 5.55. The molecule has 1 saturated heterocycles. The van der Waals surface area contributed by atoms with Crippen molar-refractivity contribution in [2.75, 3.05) is 66.8 Å². The molecule has 0 radical (unpaired) electrons. The first-order chi connectivity index (χ1) is 17.0. The van der Waals surface area contributed by atoms with Crippen LogP contribution in [0.4, 0.5) is 34.5 Å². The highest BCUT2D eigenvalue weighted by Gasteiger charge is 2.24. The van der Waals surface area contributed by atoms with Crippen LogP contribution >= 0.6 is 11.6 Å². The Bertz CT molecular complexity index is 1210. The summed E-state index contributed by atoms with van der Waals surface area (Å²) in [5, 5.41) is 6.87. The zero-order valence-corrected chi connectivity index (χ0v) is 20.5. The van der Waals surface area contributed by atoms with Gasteiger partial charge in [-0.05, 0) is 56.4 Å². The Balaban J connectivity index is 1.30. The van der Waals surface area contributed by atoms with E-state index in [1.807, 2.05) is 37.3 Å². The molecule has 0 unspecified atom stereocenters. The first kappa shape index (κ1) is 23.2. The largest absolute Gasteiger partial charge is 0.482 e. The molecular formula is C25H28ClN7O2. The number of carbonyl (C=O) groups is 1. The topological polar surface area (TPSA) is 85.9 Å². The molecule has 2 aliphatic heterocycles. The molecule has 1 amide bonds. The Morgan fingerprint density at radius 1 is 1.03 bits per heavy atom. The van der Waals surface area contributed by atoms with E-state index in [0.717, 1.165) is 43.2 Å². The fraction of sp³-hybridized carbons (Fsp3) is 0.320. The Morgan fingerprint density at radius 2 is 1.77 bits per heavy atom. The van der Waals surface area contributed by atoms with E-state index in [1.165, 1.54) is 5.69 Å². The third kappa shape index (κ3) is 5.11. The molecule has 1 fully saturated rings. The van der Waals surface area contributed by atoms with Crippen molar-refractivity contribution in [2.24, 2.45) is 0 Å². The summed E-state index contributed by atoms with van der Waals surface area (Å²) in [4.78, 5) is 27.5. The van der Waals surface area contributed by atoms with Crippen LogP contribution in [0.3, 0.4) is 0 Å². The number of piperazine rings is 1. The van der Waals surface area contributed by atoms with Gasteiger partial charge in [0.15, 0.2) is 12.4 Å². The van der Waals surface area contributed by atoms with Crippen LogP contribution < -0.4 is 25.2 Å². The summed E-state index contributed by atoms with van der Waals surface area (Å²) in [6.07, 6.45) is 1.56. The zero-order valence-electron chi connectivity index (χ0n) is 19.8. The van der Waals surface area contributed by atoms with Crippen molar-refractivity contribution in [1.29, 1.82) is 0 Å². The minimum atomic E-state index is -0.0673. The SMILES string of the molecule is CCN1C(=O)COc2ccc(Nc3nc(Nc4ccc(N5CCN(C)CC5)cc4)ncc3Cl)cc21. The van der Waals surface area contributed by atoms with Gasteiger partial charge in [-0.25, -0.2) is 4.98 Å². The second kappa shape index (κ2) is 9.97. The first-order valence-corrected chi connectivity index (χ1v) is 12.1. The van der Waals surface area contributed by atoms with Gasteiger partial charge in [-0.1, -0.05) is 11.6 Å². The number of likely N-dealkylation sites (N-methyl/N-ethyl adjacent to an activating group) is 2. The Kier molecular flexibility index (Phi) is 6.61. The lowest BCUT2D eigenvalue weighted by Gasteiger charge is -2.34. The summed E-state index contributed by atoms with van der Waals surface area (Å²) in [6.45, 7) is 6.74. The third-order valence-corrected chi connectivity index (χ3v) is 6.49. The molecule has 3 aromatic rings. The van der Waals surface area contributed by atoms with E-state index in [4.69, 9.17) is 16.3 Å². The standard InChI is InChI=1S/C25H28ClN7O2/c1-3-33-21-14-18(6-9-22(21)35-16-23(33)34)28-24-20(26)15-27-25(30-24)29-17-4-7-19(8-5-17)32-12-10-31(2)11-13-32/h4-9,14-15H,3,10-13,16H2,1-2H3,(H2,27,28,29,30). The number of aromatic nitrogens is 2. The van der Waals surface area contributed by atoms with Gasteiger partial charge >= 0.3 is 0 Å². The van der Waals surface area contributed by atoms with Crippen LogP contribution in [-0.4, -0.2) is 67.2 Å². The van der Waals surface area contributed by atoms with Gasteiger partial charge in [0.2, 0.25) is 5.95 Å². The number of halogens is 1. The van der Waals surface area contributed by atoms with Crippen LogP contribution in [0.1, 0.15) is 6.92 Å². The number of nitrogens with zero attached hydrogens (tertiary/aromatic N) is 5. The van der Waals surface area contributed by atoms with Crippen LogP contribution in [0.25, 0.3) is 0 Å². The highest BCUT2D eigenvalue weighted by molar-refractivity contribution is 6.32. The number of anilines is 6. The fourth-order valence-corrected chi connectivity index (χ4v) is 4.37. The van der Waals surface area contributed by atoms with E-state index < -0.39 is 0 Å². The maximum atomic E-state index is 12.2. The summed E-state index contributed by atoms with van der Waals surface area (Å²) in [5.74, 6) is 1.50. The highest BCUT2D eigenvalue weighted by Crippen LogP contribution is 2.36. The Hall–Kier alpha value is -3.56. The van der Waals surface area contributed by atoms with Gasteiger partial charge in [0.25, 0.3) is 5.91 Å². The lowest BCUT2D eigenvalue weighted by molar-refractivity contribution is -0.121. The smallest absolute Gasteiger partial charge is 0.265 e. The first-order valence-electron chi connectivity index (χ1n) is 11.7. The normalized spacial score (nSPS) is 16.0. The summed E-state index contributed by atoms with van der Waals surface area (Å²) in [5.41, 5.74) is 3.56. The molecule has 2 N–H and O–H groups in total. The van der Waals surface area contributed by atoms with Crippen molar-refractivity contribution < 1.29 is 9.53 Å². The van der Waals surface area contributed by atoms with E-state index in [1.54, 1.807) is 11.1 Å². The van der Waals surface area contributed by atoms with Crippen molar-refractivity contribution >= 4 is 52.0 Å². The number of hydrogen-bond donors (Lipinski definition) is 2. The van der Waals surface area contributed by atoms with Crippen LogP contribution in [-0.2, 0) is 4.79 Å². The number of hydrogen-bond acceptors (Lipinski definition) is 8. The number of rotatable bonds is 6. The maximum Gasteiger partial charge on any atom is 0.265 e. The van der Waals surface area contributed by atoms with E-state index >= 15 is 0 Å². The number of fused-ring (bicyclic) bond motifs is 1. The van der Waals surface area contributed by atoms with Crippen molar-refractivity contribution in [1.82, 2.24) is 14.9 Å². The molecular weight excluding hydrogens is 466 g/mol. The molecule has 2 aromatic carbocycles. The molecule has 2 aliphatic rings. The zero-order chi connectivity index (χ0) is 24.4. The number of amides is 1. The lowest BCUT2D eigenvalue weighted by Crippen LogP contribution is -2.44. The van der Waals surface area contributed by atoms with Gasteiger partial charge in [-0.15, -0.1) is 0 Å². The predicted molar refractivity (Wildman–Crippen MR) is 140 cm³/mol. The van der Waals surface area contributed by atoms with Crippen molar-refractivity contribution in [3.8, 4) is 5.75 Å². The van der Waals surface area contributed by atoms with E-state index in [2.05, 4.69) is 49.6 Å². The van der Waals surface area contributed by atoms with Crippen LogP contribution in [0, 0.1) is 0 Å². The Morgan fingerprint density at radius 3 is 2.51 bits per heavy atom. The minimum absolute atomic E-state index is 0.0523. The Labute approximate surface area is 209 Å². The summed E-state index contributed by atoms with van der Waals surface area (Å²) in [7, 11) is 2.15. The average Bonchev–Trinajstić information content (AvgIpc) is 2.87. The van der Waals surface area contributed by atoms with Gasteiger partial charge in [-0.2, -0.15) is 4.98 Å². The third-order valence-electron chi connectivity index (χ3n) is 6.22. The molecule has 0 spiro atoms. The fourth-order valence-electron chi connectivity index (χ4n) is 4.23. The molecule has 1 aromatic heterocycles. The molecule has 0 bridgehead atoms. The molecule has 10 heteroatoms. The number of carbonyl (C=O) groups excluding carboxylic acids is 1. The molecule has 9 nitrogen and oxygen atoms in total. The molecule has 3 heterocycles. The van der Waals surface area contributed by atoms with Crippen LogP contribution in [0.15, 0.2) is 48.7 Å². The van der Waals surface area contributed by atoms with Gasteiger partial charge in [0.1, 0.15) is 10.8 Å². The van der Waals surface area contributed by atoms with Gasteiger partial charge < -0.3 is 30.1 Å². The lowest BCUT2D eigenvalue weighted by atomic mass is 10.2. The maximum absolute atomic E-state index is 12.2. The van der Waals surface area contributed by atoms with Crippen molar-refractivity contribution in [3.05, 3.63) is 53.7 Å². The molecule has 0 atom stereocenters. The van der Waals surface area contributed by atoms with E-state index in [9.17, 15) is 4.79 Å². The average molecular weight is 494 g/mol. The van der Waals surface area contributed by atoms with Gasteiger partial charge in [0, 0.05) is 49.8 Å². The van der Waals surface area contributed by atoms with Crippen molar-refractivity contribution in [3.63, 3.8) is 0 Å². The minimum Gasteiger partial charge on any atom is -0.482 e.